The molecule has 3 rings (SSSR count). The molecule has 0 radical (unpaired) electrons. The summed E-state index contributed by atoms with van der Waals surface area (Å²) in [6.45, 7) is 2.94. The predicted molar refractivity (Wildman–Crippen MR) is 111 cm³/mol. The highest BCUT2D eigenvalue weighted by atomic mass is 32.1. The fourth-order valence-electron chi connectivity index (χ4n) is 2.68. The number of esters is 1. The summed E-state index contributed by atoms with van der Waals surface area (Å²) in [6.07, 6.45) is 5.13. The Kier molecular flexibility index (Phi) is 6.77. The van der Waals surface area contributed by atoms with Gasteiger partial charge in [0.2, 0.25) is 0 Å². The van der Waals surface area contributed by atoms with Gasteiger partial charge in [-0.2, -0.15) is 10.4 Å². The lowest BCUT2D eigenvalue weighted by Gasteiger charge is -2.02. The number of nitrogens with zero attached hydrogens (tertiary/aromatic N) is 3. The number of hydrogen-bond donors (Lipinski definition) is 0. The van der Waals surface area contributed by atoms with Crippen LogP contribution in [-0.4, -0.2) is 22.4 Å². The highest BCUT2D eigenvalue weighted by Crippen LogP contribution is 2.28. The average molecular weight is 391 g/mol. The van der Waals surface area contributed by atoms with Crippen LogP contribution in [0.5, 0.6) is 0 Å². The van der Waals surface area contributed by atoms with Crippen molar-refractivity contribution in [3.63, 3.8) is 0 Å². The van der Waals surface area contributed by atoms with Crippen molar-refractivity contribution in [1.82, 2.24) is 9.78 Å². The molecule has 0 aliphatic rings. The Morgan fingerprint density at radius 1 is 1.29 bits per heavy atom. The van der Waals surface area contributed by atoms with Crippen molar-refractivity contribution in [2.45, 2.75) is 26.3 Å². The van der Waals surface area contributed by atoms with E-state index in [4.69, 9.17) is 9.84 Å². The molecule has 142 valence electrons. The topological polar surface area (TPSA) is 67.9 Å². The van der Waals surface area contributed by atoms with E-state index in [1.807, 2.05) is 71.7 Å². The van der Waals surface area contributed by atoms with Gasteiger partial charge in [-0.05, 0) is 29.5 Å². The average Bonchev–Trinajstić information content (AvgIpc) is 3.36. The van der Waals surface area contributed by atoms with Gasteiger partial charge in [-0.25, -0.2) is 4.79 Å². The molecular formula is C22H21N3O2S. The summed E-state index contributed by atoms with van der Waals surface area (Å²) >= 11 is 1.57. The number of thiophene rings is 1. The molecule has 0 bridgehead atoms. The molecule has 0 amide bonds. The molecule has 0 spiro atoms. The van der Waals surface area contributed by atoms with Crippen LogP contribution in [0.4, 0.5) is 0 Å². The summed E-state index contributed by atoms with van der Waals surface area (Å²) in [7, 11) is 0. The van der Waals surface area contributed by atoms with Crippen molar-refractivity contribution in [1.29, 1.82) is 5.26 Å². The zero-order valence-electron chi connectivity index (χ0n) is 15.7. The summed E-state index contributed by atoms with van der Waals surface area (Å²) in [4.78, 5) is 13.2. The summed E-state index contributed by atoms with van der Waals surface area (Å²) < 4.78 is 7.01. The molecule has 0 fully saturated rings. The van der Waals surface area contributed by atoms with Crippen LogP contribution in [0.25, 0.3) is 16.6 Å². The first-order chi connectivity index (χ1) is 13.7. The Hall–Kier alpha value is -3.17. The van der Waals surface area contributed by atoms with E-state index in [-0.39, 0.29) is 5.57 Å². The predicted octanol–water partition coefficient (Wildman–Crippen LogP) is 4.91. The first kappa shape index (κ1) is 19.6. The van der Waals surface area contributed by atoms with Gasteiger partial charge >= 0.3 is 5.97 Å². The maximum Gasteiger partial charge on any atom is 0.348 e. The monoisotopic (exact) mass is 391 g/mol. The fraction of sp³-hybridized carbons (Fsp3) is 0.227. The van der Waals surface area contributed by atoms with Gasteiger partial charge in [0.1, 0.15) is 17.3 Å². The zero-order chi connectivity index (χ0) is 19.8. The number of hydrogen-bond acceptors (Lipinski definition) is 5. The van der Waals surface area contributed by atoms with E-state index in [1.165, 1.54) is 0 Å². The zero-order valence-corrected chi connectivity index (χ0v) is 16.5. The third-order valence-electron chi connectivity index (χ3n) is 4.10. The van der Waals surface area contributed by atoms with E-state index in [9.17, 15) is 10.1 Å². The number of nitriles is 1. The minimum Gasteiger partial charge on any atom is -0.462 e. The Morgan fingerprint density at radius 2 is 2.11 bits per heavy atom. The quantitative estimate of drug-likeness (QED) is 0.237. The minimum absolute atomic E-state index is 0.0202. The third-order valence-corrected chi connectivity index (χ3v) is 4.98. The van der Waals surface area contributed by atoms with E-state index < -0.39 is 5.97 Å². The Labute approximate surface area is 168 Å². The molecule has 0 unspecified atom stereocenters. The van der Waals surface area contributed by atoms with Gasteiger partial charge in [0.25, 0.3) is 0 Å². The molecule has 0 aliphatic heterocycles. The SMILES string of the molecule is CCCCOC(=O)/C(C#N)=C/c1cn(Cc2ccccc2)nc1-c1cccs1. The number of ether oxygens (including phenoxy) is 1. The smallest absolute Gasteiger partial charge is 0.348 e. The summed E-state index contributed by atoms with van der Waals surface area (Å²) in [5.74, 6) is -0.594. The van der Waals surface area contributed by atoms with Crippen LogP contribution in [0.15, 0.2) is 59.6 Å². The maximum absolute atomic E-state index is 12.2. The number of carbonyl (C=O) groups excluding carboxylic acids is 1. The summed E-state index contributed by atoms with van der Waals surface area (Å²) in [6, 6.07) is 15.9. The van der Waals surface area contributed by atoms with Crippen LogP contribution in [-0.2, 0) is 16.1 Å². The Balaban J connectivity index is 1.91. The van der Waals surface area contributed by atoms with Crippen LogP contribution < -0.4 is 0 Å². The molecule has 2 heterocycles. The molecule has 3 aromatic rings. The van der Waals surface area contributed by atoms with Crippen molar-refractivity contribution in [2.24, 2.45) is 0 Å². The van der Waals surface area contributed by atoms with Crippen LogP contribution in [0.1, 0.15) is 30.9 Å². The molecule has 6 heteroatoms. The second kappa shape index (κ2) is 9.67. The fourth-order valence-corrected chi connectivity index (χ4v) is 3.41. The molecule has 0 atom stereocenters. The molecular weight excluding hydrogens is 370 g/mol. The highest BCUT2D eigenvalue weighted by molar-refractivity contribution is 7.13. The van der Waals surface area contributed by atoms with Gasteiger partial charge in [-0.3, -0.25) is 4.68 Å². The lowest BCUT2D eigenvalue weighted by atomic mass is 10.1. The van der Waals surface area contributed by atoms with Crippen molar-refractivity contribution >= 4 is 23.4 Å². The van der Waals surface area contributed by atoms with Crippen LogP contribution >= 0.6 is 11.3 Å². The van der Waals surface area contributed by atoms with E-state index in [0.717, 1.165) is 34.5 Å². The van der Waals surface area contributed by atoms with E-state index in [2.05, 4.69) is 0 Å². The first-order valence-corrected chi connectivity index (χ1v) is 10.0. The van der Waals surface area contributed by atoms with Crippen molar-refractivity contribution in [2.75, 3.05) is 6.61 Å². The number of rotatable bonds is 8. The van der Waals surface area contributed by atoms with Crippen molar-refractivity contribution in [3.8, 4) is 16.6 Å². The van der Waals surface area contributed by atoms with Crippen LogP contribution in [0.2, 0.25) is 0 Å². The molecule has 0 saturated carbocycles. The molecule has 0 aliphatic carbocycles. The summed E-state index contributed by atoms with van der Waals surface area (Å²) in [5.41, 5.74) is 2.58. The van der Waals surface area contributed by atoms with Gasteiger partial charge < -0.3 is 4.74 Å². The van der Waals surface area contributed by atoms with Gasteiger partial charge in [-0.1, -0.05) is 49.7 Å². The lowest BCUT2D eigenvalue weighted by Crippen LogP contribution is -2.07. The van der Waals surface area contributed by atoms with Crippen LogP contribution in [0.3, 0.4) is 0 Å². The molecule has 1 aromatic carbocycles. The highest BCUT2D eigenvalue weighted by Gasteiger charge is 2.16. The van der Waals surface area contributed by atoms with E-state index in [0.29, 0.717) is 13.2 Å². The maximum atomic E-state index is 12.2. The normalized spacial score (nSPS) is 11.2. The molecule has 0 N–H and O–H groups in total. The van der Waals surface area contributed by atoms with E-state index >= 15 is 0 Å². The largest absolute Gasteiger partial charge is 0.462 e. The minimum atomic E-state index is -0.594. The van der Waals surface area contributed by atoms with Gasteiger partial charge in [0, 0.05) is 11.8 Å². The van der Waals surface area contributed by atoms with Crippen molar-refractivity contribution in [3.05, 3.63) is 70.7 Å². The summed E-state index contributed by atoms with van der Waals surface area (Å²) in [5, 5.41) is 16.1. The number of aromatic nitrogens is 2. The Bertz CT molecular complexity index is 983. The standard InChI is InChI=1S/C22H21N3O2S/c1-2-3-11-27-22(26)18(14-23)13-19-16-25(15-17-8-5-4-6-9-17)24-21(19)20-10-7-12-28-20/h4-10,12-13,16H,2-3,11,15H2,1H3/b18-13+. The van der Waals surface area contributed by atoms with Gasteiger partial charge in [0.15, 0.2) is 0 Å². The third kappa shape index (κ3) is 4.96. The van der Waals surface area contributed by atoms with E-state index in [1.54, 1.807) is 17.4 Å². The molecule has 5 nitrogen and oxygen atoms in total. The number of benzene rings is 1. The van der Waals surface area contributed by atoms with Gasteiger partial charge in [0.05, 0.1) is 18.0 Å². The molecule has 2 aromatic heterocycles. The van der Waals surface area contributed by atoms with Crippen LogP contribution in [0, 0.1) is 11.3 Å². The number of unbranched alkanes of at least 4 members (excludes halogenated alkanes) is 1. The second-order valence-electron chi connectivity index (χ2n) is 6.25. The molecule has 0 saturated heterocycles. The Morgan fingerprint density at radius 3 is 2.79 bits per heavy atom. The van der Waals surface area contributed by atoms with Crippen molar-refractivity contribution < 1.29 is 9.53 Å². The van der Waals surface area contributed by atoms with Gasteiger partial charge in [-0.15, -0.1) is 11.3 Å². The molecule has 28 heavy (non-hydrogen) atoms. The number of carbonyl (C=O) groups is 1. The second-order valence-corrected chi connectivity index (χ2v) is 7.20. The first-order valence-electron chi connectivity index (χ1n) is 9.15. The lowest BCUT2D eigenvalue weighted by molar-refractivity contribution is -0.138.